The number of thiocarbonyl (C=S) groups is 1. The monoisotopic (exact) mass is 559 g/mol. The van der Waals surface area contributed by atoms with Crippen molar-refractivity contribution in [1.29, 1.82) is 0 Å². The molecule has 1 aliphatic heterocycles. The molecular weight excluding hydrogens is 530 g/mol. The van der Waals surface area contributed by atoms with E-state index in [1.54, 1.807) is 13.3 Å². The zero-order chi connectivity index (χ0) is 27.7. The van der Waals surface area contributed by atoms with Gasteiger partial charge < -0.3 is 24.8 Å². The lowest BCUT2D eigenvalue weighted by atomic mass is 9.96. The van der Waals surface area contributed by atoms with Gasteiger partial charge in [-0.25, -0.2) is 0 Å². The van der Waals surface area contributed by atoms with Crippen LogP contribution in [0.4, 0.5) is 11.4 Å². The predicted molar refractivity (Wildman–Crippen MR) is 160 cm³/mol. The van der Waals surface area contributed by atoms with E-state index in [1.807, 2.05) is 67.6 Å². The minimum atomic E-state index is -0.194. The summed E-state index contributed by atoms with van der Waals surface area (Å²) in [5, 5.41) is 7.71. The summed E-state index contributed by atoms with van der Waals surface area (Å²) in [6, 6.07) is 21.3. The van der Waals surface area contributed by atoms with Crippen molar-refractivity contribution in [1.82, 2.24) is 14.9 Å². The van der Waals surface area contributed by atoms with Gasteiger partial charge in [0.2, 0.25) is 5.91 Å². The molecule has 2 aromatic carbocycles. The lowest BCUT2D eigenvalue weighted by molar-refractivity contribution is -0.115. The highest BCUT2D eigenvalue weighted by molar-refractivity contribution is 7.80. The van der Waals surface area contributed by atoms with Gasteiger partial charge in [-0.1, -0.05) is 24.6 Å². The molecule has 39 heavy (non-hydrogen) atoms. The number of aromatic nitrogens is 2. The van der Waals surface area contributed by atoms with Crippen LogP contribution in [0.15, 0.2) is 72.9 Å². The van der Waals surface area contributed by atoms with Gasteiger partial charge in [0.1, 0.15) is 5.75 Å². The smallest absolute Gasteiger partial charge is 0.224 e. The Labute approximate surface area is 238 Å². The SMILES string of the molecule is CCC(=O)Nc1ccc(N2C(=S)N[C@@H](c3ccccn3)[C@H]2c2cc(C)n(-c3ccc(Cl)cc3)c2C)cc1OC. The van der Waals surface area contributed by atoms with Gasteiger partial charge in [-0.2, -0.15) is 0 Å². The first-order valence-electron chi connectivity index (χ1n) is 12.8. The molecule has 200 valence electrons. The summed E-state index contributed by atoms with van der Waals surface area (Å²) in [5.74, 6) is 0.478. The number of carbonyl (C=O) groups is 1. The van der Waals surface area contributed by atoms with Gasteiger partial charge in [-0.3, -0.25) is 9.78 Å². The molecule has 0 saturated carbocycles. The summed E-state index contributed by atoms with van der Waals surface area (Å²) in [7, 11) is 1.59. The Morgan fingerprint density at radius 3 is 2.51 bits per heavy atom. The number of aryl methyl sites for hydroxylation is 1. The molecule has 1 fully saturated rings. The van der Waals surface area contributed by atoms with Gasteiger partial charge in [0, 0.05) is 46.5 Å². The fourth-order valence-corrected chi connectivity index (χ4v) is 5.67. The zero-order valence-corrected chi connectivity index (χ0v) is 23.8. The maximum atomic E-state index is 12.1. The van der Waals surface area contributed by atoms with E-state index in [9.17, 15) is 4.79 Å². The van der Waals surface area contributed by atoms with E-state index in [0.29, 0.717) is 28.0 Å². The molecule has 9 heteroatoms. The second kappa shape index (κ2) is 11.1. The molecule has 7 nitrogen and oxygen atoms in total. The molecule has 0 spiro atoms. The fraction of sp³-hybridized carbons (Fsp3) is 0.233. The van der Waals surface area contributed by atoms with Crippen LogP contribution in [-0.4, -0.2) is 27.7 Å². The van der Waals surface area contributed by atoms with Gasteiger partial charge in [0.05, 0.1) is 30.6 Å². The predicted octanol–water partition coefficient (Wildman–Crippen LogP) is 6.68. The third-order valence-corrected chi connectivity index (χ3v) is 7.60. The number of carbonyl (C=O) groups excluding carboxylic acids is 1. The second-order valence-electron chi connectivity index (χ2n) is 9.42. The van der Waals surface area contributed by atoms with Gasteiger partial charge in [0.25, 0.3) is 0 Å². The Hall–Kier alpha value is -3.88. The minimum Gasteiger partial charge on any atom is -0.494 e. The number of pyridine rings is 1. The first-order valence-corrected chi connectivity index (χ1v) is 13.5. The third-order valence-electron chi connectivity index (χ3n) is 7.03. The number of benzene rings is 2. The molecule has 0 bridgehead atoms. The zero-order valence-electron chi connectivity index (χ0n) is 22.2. The van der Waals surface area contributed by atoms with Gasteiger partial charge >= 0.3 is 0 Å². The summed E-state index contributed by atoms with van der Waals surface area (Å²) in [5.41, 5.74) is 6.69. The van der Waals surface area contributed by atoms with Gasteiger partial charge in [-0.15, -0.1) is 0 Å². The van der Waals surface area contributed by atoms with Crippen LogP contribution in [0.5, 0.6) is 5.75 Å². The first kappa shape index (κ1) is 26.7. The van der Waals surface area contributed by atoms with Crippen molar-refractivity contribution in [2.24, 2.45) is 0 Å². The summed E-state index contributed by atoms with van der Waals surface area (Å²) in [4.78, 5) is 18.8. The molecule has 3 heterocycles. The van der Waals surface area contributed by atoms with E-state index in [0.717, 1.165) is 34.0 Å². The number of nitrogens with one attached hydrogen (secondary N) is 2. The Morgan fingerprint density at radius 2 is 1.85 bits per heavy atom. The van der Waals surface area contributed by atoms with Crippen LogP contribution in [0, 0.1) is 13.8 Å². The highest BCUT2D eigenvalue weighted by Gasteiger charge is 2.42. The summed E-state index contributed by atoms with van der Waals surface area (Å²) < 4.78 is 7.89. The van der Waals surface area contributed by atoms with E-state index in [2.05, 4.69) is 45.0 Å². The van der Waals surface area contributed by atoms with Crippen LogP contribution in [0.25, 0.3) is 5.69 Å². The van der Waals surface area contributed by atoms with Crippen molar-refractivity contribution in [3.8, 4) is 11.4 Å². The number of ether oxygens (including phenoxy) is 1. The first-order chi connectivity index (χ1) is 18.8. The van der Waals surface area contributed by atoms with Crippen molar-refractivity contribution in [3.05, 3.63) is 101 Å². The van der Waals surface area contributed by atoms with E-state index in [-0.39, 0.29) is 18.0 Å². The molecule has 2 N–H and O–H groups in total. The molecule has 1 aliphatic rings. The minimum absolute atomic E-state index is 0.0814. The second-order valence-corrected chi connectivity index (χ2v) is 10.2. The van der Waals surface area contributed by atoms with E-state index >= 15 is 0 Å². The van der Waals surface area contributed by atoms with E-state index < -0.39 is 0 Å². The maximum absolute atomic E-state index is 12.1. The number of methoxy groups -OCH3 is 1. The van der Waals surface area contributed by atoms with Crippen LogP contribution < -0.4 is 20.3 Å². The Balaban J connectivity index is 1.64. The molecule has 0 radical (unpaired) electrons. The standard InChI is InChI=1S/C30H30ClN5O2S/c1-5-27(37)33-24-14-13-22(17-26(24)38-4)36-29(28(34-30(36)39)25-8-6-7-15-32-25)23-16-18(2)35(19(23)3)21-11-9-20(31)10-12-21/h6-17,28-29H,5H2,1-4H3,(H,33,37)(H,34,39)/t28-,29+/m0/s1. The van der Waals surface area contributed by atoms with E-state index in [1.165, 1.54) is 0 Å². The number of anilines is 2. The number of rotatable bonds is 7. The molecule has 4 aromatic rings. The summed E-state index contributed by atoms with van der Waals surface area (Å²) in [6.45, 7) is 6.03. The van der Waals surface area contributed by atoms with Crippen LogP contribution in [-0.2, 0) is 4.79 Å². The Bertz CT molecular complexity index is 1520. The largest absolute Gasteiger partial charge is 0.494 e. The number of hydrogen-bond donors (Lipinski definition) is 2. The number of halogens is 1. The normalized spacial score (nSPS) is 16.7. The number of amides is 1. The van der Waals surface area contributed by atoms with Crippen molar-refractivity contribution in [2.75, 3.05) is 17.3 Å². The summed E-state index contributed by atoms with van der Waals surface area (Å²) >= 11 is 12.1. The Kier molecular flexibility index (Phi) is 7.59. The fourth-order valence-electron chi connectivity index (χ4n) is 5.20. The lowest BCUT2D eigenvalue weighted by Crippen LogP contribution is -2.29. The van der Waals surface area contributed by atoms with Crippen LogP contribution in [0.2, 0.25) is 5.02 Å². The molecule has 1 amide bonds. The average molecular weight is 560 g/mol. The molecule has 0 unspecified atom stereocenters. The van der Waals surface area contributed by atoms with Crippen molar-refractivity contribution in [3.63, 3.8) is 0 Å². The van der Waals surface area contributed by atoms with Gasteiger partial charge in [-0.05, 0) is 86.2 Å². The van der Waals surface area contributed by atoms with Crippen LogP contribution >= 0.6 is 23.8 Å². The highest BCUT2D eigenvalue weighted by atomic mass is 35.5. The molecule has 0 aliphatic carbocycles. The third kappa shape index (κ3) is 5.10. The van der Waals surface area contributed by atoms with Crippen molar-refractivity contribution >= 4 is 46.2 Å². The van der Waals surface area contributed by atoms with Crippen molar-refractivity contribution < 1.29 is 9.53 Å². The molecule has 2 atom stereocenters. The quantitative estimate of drug-likeness (QED) is 0.246. The lowest BCUT2D eigenvalue weighted by Gasteiger charge is -2.29. The van der Waals surface area contributed by atoms with Crippen molar-refractivity contribution in [2.45, 2.75) is 39.3 Å². The van der Waals surface area contributed by atoms with E-state index in [4.69, 9.17) is 28.6 Å². The average Bonchev–Trinajstić information content (AvgIpc) is 3.44. The molecule has 2 aromatic heterocycles. The topological polar surface area (TPSA) is 71.4 Å². The molecular formula is C30H30ClN5O2S. The summed E-state index contributed by atoms with van der Waals surface area (Å²) in [6.07, 6.45) is 2.17. The number of hydrogen-bond acceptors (Lipinski definition) is 4. The number of nitrogens with zero attached hydrogens (tertiary/aromatic N) is 3. The molecule has 1 saturated heterocycles. The molecule has 5 rings (SSSR count). The van der Waals surface area contributed by atoms with Gasteiger partial charge in [0.15, 0.2) is 5.11 Å². The Morgan fingerprint density at radius 1 is 1.10 bits per heavy atom. The maximum Gasteiger partial charge on any atom is 0.224 e. The van der Waals surface area contributed by atoms with Crippen LogP contribution in [0.1, 0.15) is 48.1 Å². The highest BCUT2D eigenvalue weighted by Crippen LogP contribution is 2.45. The van der Waals surface area contributed by atoms with Crippen LogP contribution in [0.3, 0.4) is 0 Å².